The summed E-state index contributed by atoms with van der Waals surface area (Å²) in [5, 5.41) is 11.2. The van der Waals surface area contributed by atoms with Gasteiger partial charge in [-0.1, -0.05) is 12.1 Å². The van der Waals surface area contributed by atoms with Crippen molar-refractivity contribution >= 4 is 17.5 Å². The number of ether oxygens (including phenoxy) is 1. The number of para-hydroxylation sites is 2. The van der Waals surface area contributed by atoms with Crippen LogP contribution in [-0.4, -0.2) is 47.2 Å². The second-order valence-corrected chi connectivity index (χ2v) is 6.71. The van der Waals surface area contributed by atoms with Crippen molar-refractivity contribution in [2.24, 2.45) is 0 Å². The topological polar surface area (TPSA) is 75.9 Å². The lowest BCUT2D eigenvalue weighted by Crippen LogP contribution is -2.54. The number of anilines is 1. The second-order valence-electron chi connectivity index (χ2n) is 6.71. The van der Waals surface area contributed by atoms with E-state index in [1.165, 1.54) is 6.07 Å². The first-order valence-corrected chi connectivity index (χ1v) is 7.67. The number of hydrogen-bond acceptors (Lipinski definition) is 5. The van der Waals surface area contributed by atoms with Gasteiger partial charge in [0.2, 0.25) is 0 Å². The van der Waals surface area contributed by atoms with E-state index < -0.39 is 5.60 Å². The van der Waals surface area contributed by atoms with E-state index in [1.54, 1.807) is 23.1 Å². The van der Waals surface area contributed by atoms with Gasteiger partial charge in [-0.05, 0) is 33.8 Å². The van der Waals surface area contributed by atoms with E-state index in [9.17, 15) is 14.9 Å². The summed E-state index contributed by atoms with van der Waals surface area (Å²) in [4.78, 5) is 26.6. The quantitative estimate of drug-likeness (QED) is 0.618. The number of piperazine rings is 1. The minimum absolute atomic E-state index is 0.0302. The fourth-order valence-electron chi connectivity index (χ4n) is 2.67. The third-order valence-corrected chi connectivity index (χ3v) is 3.67. The largest absolute Gasteiger partial charge is 0.444 e. The van der Waals surface area contributed by atoms with Gasteiger partial charge in [-0.25, -0.2) is 4.79 Å². The summed E-state index contributed by atoms with van der Waals surface area (Å²) >= 11 is 0. The van der Waals surface area contributed by atoms with E-state index in [1.807, 2.05) is 32.6 Å². The smallest absolute Gasteiger partial charge is 0.410 e. The first-order chi connectivity index (χ1) is 10.7. The fraction of sp³-hybridized carbons (Fsp3) is 0.562. The number of hydrogen-bond donors (Lipinski definition) is 0. The van der Waals surface area contributed by atoms with Gasteiger partial charge in [-0.15, -0.1) is 0 Å². The third-order valence-electron chi connectivity index (χ3n) is 3.67. The highest BCUT2D eigenvalue weighted by Gasteiger charge is 2.32. The molecule has 1 amide bonds. The maximum atomic E-state index is 12.2. The molecule has 126 valence electrons. The van der Waals surface area contributed by atoms with E-state index in [2.05, 4.69) is 0 Å². The number of nitro benzene ring substituents is 1. The Bertz CT molecular complexity index is 597. The highest BCUT2D eigenvalue weighted by Crippen LogP contribution is 2.30. The molecule has 7 nitrogen and oxygen atoms in total. The molecule has 0 aliphatic carbocycles. The summed E-state index contributed by atoms with van der Waals surface area (Å²) in [5.74, 6) is 0. The van der Waals surface area contributed by atoms with E-state index >= 15 is 0 Å². The maximum Gasteiger partial charge on any atom is 0.410 e. The normalized spacial score (nSPS) is 18.7. The molecule has 1 fully saturated rings. The van der Waals surface area contributed by atoms with E-state index in [4.69, 9.17) is 4.74 Å². The number of nitro groups is 1. The lowest BCUT2D eigenvalue weighted by Gasteiger charge is -2.41. The monoisotopic (exact) mass is 321 g/mol. The van der Waals surface area contributed by atoms with Crippen molar-refractivity contribution in [1.82, 2.24) is 4.90 Å². The molecule has 0 radical (unpaired) electrons. The molecule has 1 aromatic carbocycles. The summed E-state index contributed by atoms with van der Waals surface area (Å²) in [7, 11) is 0. The van der Waals surface area contributed by atoms with Crippen LogP contribution < -0.4 is 4.90 Å². The van der Waals surface area contributed by atoms with Crippen molar-refractivity contribution in [3.8, 4) is 0 Å². The molecule has 1 saturated heterocycles. The molecule has 0 bridgehead atoms. The standard InChI is InChI=1S/C16H23N3O4/c1-12-11-17(15(20)23-16(2,3)4)9-10-18(12)13-7-5-6-8-14(13)19(21)22/h5-8,12H,9-11H2,1-4H3/t12-/m1/s1. The van der Waals surface area contributed by atoms with Crippen LogP contribution in [0.5, 0.6) is 0 Å². The van der Waals surface area contributed by atoms with Gasteiger partial charge < -0.3 is 14.5 Å². The molecule has 2 rings (SSSR count). The molecule has 0 unspecified atom stereocenters. The van der Waals surface area contributed by atoms with Crippen LogP contribution in [0.2, 0.25) is 0 Å². The van der Waals surface area contributed by atoms with Crippen LogP contribution in [0.3, 0.4) is 0 Å². The Hall–Kier alpha value is -2.31. The van der Waals surface area contributed by atoms with E-state index in [-0.39, 0.29) is 22.7 Å². The first kappa shape index (κ1) is 17.1. The lowest BCUT2D eigenvalue weighted by molar-refractivity contribution is -0.384. The number of rotatable bonds is 2. The number of amides is 1. The first-order valence-electron chi connectivity index (χ1n) is 7.67. The molecule has 1 heterocycles. The SMILES string of the molecule is C[C@@H]1CN(C(=O)OC(C)(C)C)CCN1c1ccccc1[N+](=O)[O-]. The molecule has 0 aromatic heterocycles. The molecule has 1 aliphatic heterocycles. The van der Waals surface area contributed by atoms with Crippen molar-refractivity contribution < 1.29 is 14.5 Å². The summed E-state index contributed by atoms with van der Waals surface area (Å²) in [6, 6.07) is 6.66. The predicted molar refractivity (Wildman–Crippen MR) is 87.7 cm³/mol. The minimum Gasteiger partial charge on any atom is -0.444 e. The summed E-state index contributed by atoms with van der Waals surface area (Å²) in [5.41, 5.74) is 0.147. The molecule has 1 aliphatic rings. The van der Waals surface area contributed by atoms with Crippen LogP contribution in [0.4, 0.5) is 16.2 Å². The van der Waals surface area contributed by atoms with Gasteiger partial charge in [0.15, 0.2) is 0 Å². The number of benzene rings is 1. The molecule has 7 heteroatoms. The highest BCUT2D eigenvalue weighted by atomic mass is 16.6. The Morgan fingerprint density at radius 3 is 2.52 bits per heavy atom. The van der Waals surface area contributed by atoms with Gasteiger partial charge in [-0.2, -0.15) is 0 Å². The molecule has 0 N–H and O–H groups in total. The Balaban J connectivity index is 2.11. The Labute approximate surface area is 136 Å². The maximum absolute atomic E-state index is 12.2. The molecule has 0 spiro atoms. The van der Waals surface area contributed by atoms with Gasteiger partial charge in [0.1, 0.15) is 11.3 Å². The molecule has 0 saturated carbocycles. The van der Waals surface area contributed by atoms with Gasteiger partial charge in [0.25, 0.3) is 5.69 Å². The molecule has 1 atom stereocenters. The van der Waals surface area contributed by atoms with Crippen LogP contribution in [0.25, 0.3) is 0 Å². The van der Waals surface area contributed by atoms with Gasteiger partial charge in [0.05, 0.1) is 4.92 Å². The molecule has 23 heavy (non-hydrogen) atoms. The summed E-state index contributed by atoms with van der Waals surface area (Å²) < 4.78 is 5.39. The molecule has 1 aromatic rings. The van der Waals surface area contributed by atoms with Crippen LogP contribution in [0.15, 0.2) is 24.3 Å². The average Bonchev–Trinajstić information content (AvgIpc) is 2.45. The predicted octanol–water partition coefficient (Wildman–Crippen LogP) is 3.04. The summed E-state index contributed by atoms with van der Waals surface area (Å²) in [6.07, 6.45) is -0.341. The zero-order valence-electron chi connectivity index (χ0n) is 14.0. The van der Waals surface area contributed by atoms with E-state index in [0.717, 1.165) is 0 Å². The van der Waals surface area contributed by atoms with Crippen molar-refractivity contribution in [3.63, 3.8) is 0 Å². The van der Waals surface area contributed by atoms with Crippen molar-refractivity contribution in [2.45, 2.75) is 39.3 Å². The minimum atomic E-state index is -0.532. The fourth-order valence-corrected chi connectivity index (χ4v) is 2.67. The second kappa shape index (κ2) is 6.44. The van der Waals surface area contributed by atoms with Gasteiger partial charge in [-0.3, -0.25) is 10.1 Å². The molecular formula is C16H23N3O4. The Morgan fingerprint density at radius 2 is 1.96 bits per heavy atom. The number of carbonyl (C=O) groups excluding carboxylic acids is 1. The Morgan fingerprint density at radius 1 is 1.30 bits per heavy atom. The van der Waals surface area contributed by atoms with Crippen LogP contribution in [-0.2, 0) is 4.74 Å². The zero-order chi connectivity index (χ0) is 17.2. The number of carbonyl (C=O) groups is 1. The average molecular weight is 321 g/mol. The van der Waals surface area contributed by atoms with Crippen molar-refractivity contribution in [3.05, 3.63) is 34.4 Å². The van der Waals surface area contributed by atoms with E-state index in [0.29, 0.717) is 25.3 Å². The zero-order valence-corrected chi connectivity index (χ0v) is 14.0. The van der Waals surface area contributed by atoms with Crippen molar-refractivity contribution in [1.29, 1.82) is 0 Å². The Kier molecular flexibility index (Phi) is 4.77. The molecular weight excluding hydrogens is 298 g/mol. The van der Waals surface area contributed by atoms with Crippen molar-refractivity contribution in [2.75, 3.05) is 24.5 Å². The third kappa shape index (κ3) is 4.12. The summed E-state index contributed by atoms with van der Waals surface area (Å²) in [6.45, 7) is 8.93. The highest BCUT2D eigenvalue weighted by molar-refractivity contribution is 5.70. The van der Waals surface area contributed by atoms with Crippen LogP contribution >= 0.6 is 0 Å². The van der Waals surface area contributed by atoms with Gasteiger partial charge >= 0.3 is 6.09 Å². The van der Waals surface area contributed by atoms with Crippen LogP contribution in [0.1, 0.15) is 27.7 Å². The van der Waals surface area contributed by atoms with Crippen LogP contribution in [0, 0.1) is 10.1 Å². The number of nitrogens with zero attached hydrogens (tertiary/aromatic N) is 3. The van der Waals surface area contributed by atoms with Gasteiger partial charge in [0, 0.05) is 31.7 Å². The lowest BCUT2D eigenvalue weighted by atomic mass is 10.1.